The van der Waals surface area contributed by atoms with Crippen molar-refractivity contribution in [3.8, 4) is 0 Å². The number of rotatable bonds is 15. The zero-order valence-electron chi connectivity index (χ0n) is 18.5. The zero-order chi connectivity index (χ0) is 20.7. The van der Waals surface area contributed by atoms with Crippen molar-refractivity contribution in [2.45, 2.75) is 96.6 Å². The van der Waals surface area contributed by atoms with E-state index in [2.05, 4.69) is 11.8 Å². The third-order valence-electron chi connectivity index (χ3n) is 6.01. The van der Waals surface area contributed by atoms with Crippen molar-refractivity contribution < 1.29 is 19.1 Å². The van der Waals surface area contributed by atoms with Crippen LogP contribution in [0.15, 0.2) is 0 Å². The molecule has 1 amide bonds. The van der Waals surface area contributed by atoms with Crippen LogP contribution in [0.25, 0.3) is 0 Å². The fourth-order valence-electron chi connectivity index (χ4n) is 4.16. The van der Waals surface area contributed by atoms with Gasteiger partial charge in [-0.2, -0.15) is 0 Å². The van der Waals surface area contributed by atoms with Crippen LogP contribution in [0.4, 0.5) is 0 Å². The van der Waals surface area contributed by atoms with Crippen molar-refractivity contribution in [1.82, 2.24) is 9.80 Å². The van der Waals surface area contributed by atoms with E-state index in [4.69, 9.17) is 9.47 Å². The highest BCUT2D eigenvalue weighted by Gasteiger charge is 2.30. The van der Waals surface area contributed by atoms with Gasteiger partial charge in [0.15, 0.2) is 6.23 Å². The van der Waals surface area contributed by atoms with Crippen LogP contribution in [0.5, 0.6) is 0 Å². The summed E-state index contributed by atoms with van der Waals surface area (Å²) in [7, 11) is 0. The molecule has 1 unspecified atom stereocenters. The monoisotopic (exact) mass is 410 g/mol. The van der Waals surface area contributed by atoms with Gasteiger partial charge in [0.1, 0.15) is 0 Å². The van der Waals surface area contributed by atoms with Crippen molar-refractivity contribution in [3.63, 3.8) is 0 Å². The smallest absolute Gasteiger partial charge is 0.307 e. The first kappa shape index (κ1) is 24.1. The van der Waals surface area contributed by atoms with E-state index in [1.54, 1.807) is 4.90 Å². The lowest BCUT2D eigenvalue weighted by Crippen LogP contribution is -2.44. The maximum atomic E-state index is 12.4. The number of hydrogen-bond acceptors (Lipinski definition) is 5. The molecule has 0 aromatic carbocycles. The molecule has 2 aliphatic rings. The van der Waals surface area contributed by atoms with E-state index in [1.165, 1.54) is 44.9 Å². The molecule has 0 aromatic heterocycles. The van der Waals surface area contributed by atoms with Crippen LogP contribution in [0, 0.1) is 0 Å². The number of ether oxygens (including phenoxy) is 2. The second kappa shape index (κ2) is 14.8. The quantitative estimate of drug-likeness (QED) is 0.300. The predicted octanol–water partition coefficient (Wildman–Crippen LogP) is 4.12. The third kappa shape index (κ3) is 9.94. The summed E-state index contributed by atoms with van der Waals surface area (Å²) in [6, 6.07) is 0. The summed E-state index contributed by atoms with van der Waals surface area (Å²) in [4.78, 5) is 28.7. The van der Waals surface area contributed by atoms with Gasteiger partial charge >= 0.3 is 5.97 Å². The highest BCUT2D eigenvalue weighted by atomic mass is 16.6. The summed E-state index contributed by atoms with van der Waals surface area (Å²) < 4.78 is 11.2. The molecule has 0 spiro atoms. The second-order valence-corrected chi connectivity index (χ2v) is 8.46. The summed E-state index contributed by atoms with van der Waals surface area (Å²) in [5, 5.41) is 0. The number of amides is 1. The van der Waals surface area contributed by atoms with Crippen LogP contribution in [0.1, 0.15) is 90.4 Å². The number of unbranched alkanes of at least 4 members (excludes halogenated alkanes) is 8. The molecule has 0 aliphatic carbocycles. The van der Waals surface area contributed by atoms with Gasteiger partial charge in [-0.25, -0.2) is 0 Å². The largest absolute Gasteiger partial charge is 0.441 e. The average molecular weight is 411 g/mol. The summed E-state index contributed by atoms with van der Waals surface area (Å²) in [6.45, 7) is 7.12. The molecule has 29 heavy (non-hydrogen) atoms. The Kier molecular flexibility index (Phi) is 12.3. The van der Waals surface area contributed by atoms with Gasteiger partial charge in [-0.3, -0.25) is 14.5 Å². The Morgan fingerprint density at radius 3 is 2.28 bits per heavy atom. The molecule has 168 valence electrons. The first-order valence-electron chi connectivity index (χ1n) is 12.0. The molecule has 1 atom stereocenters. The molecule has 0 radical (unpaired) electrons. The van der Waals surface area contributed by atoms with Gasteiger partial charge in [-0.05, 0) is 12.8 Å². The third-order valence-corrected chi connectivity index (χ3v) is 6.01. The number of morpholine rings is 1. The maximum Gasteiger partial charge on any atom is 0.307 e. The van der Waals surface area contributed by atoms with E-state index >= 15 is 0 Å². The Balaban J connectivity index is 1.63. The van der Waals surface area contributed by atoms with Crippen LogP contribution < -0.4 is 0 Å². The summed E-state index contributed by atoms with van der Waals surface area (Å²) >= 11 is 0. The number of carbonyl (C=O) groups is 2. The highest BCUT2D eigenvalue weighted by Crippen LogP contribution is 2.19. The Morgan fingerprint density at radius 1 is 1.00 bits per heavy atom. The molecule has 6 nitrogen and oxygen atoms in total. The lowest BCUT2D eigenvalue weighted by Gasteiger charge is -2.31. The SMILES string of the molecule is CCCCCCCCCCCC(=O)OC(CCN1CCOCC1)N1CCCC1=O. The molecule has 0 aromatic rings. The van der Waals surface area contributed by atoms with Crippen molar-refractivity contribution in [3.05, 3.63) is 0 Å². The van der Waals surface area contributed by atoms with Crippen molar-refractivity contribution in [1.29, 1.82) is 0 Å². The molecule has 6 heteroatoms. The van der Waals surface area contributed by atoms with Gasteiger partial charge in [0.25, 0.3) is 0 Å². The minimum Gasteiger partial charge on any atom is -0.441 e. The van der Waals surface area contributed by atoms with Gasteiger partial charge in [0, 0.05) is 45.4 Å². The van der Waals surface area contributed by atoms with E-state index in [1.807, 2.05) is 0 Å². The van der Waals surface area contributed by atoms with Gasteiger partial charge in [-0.1, -0.05) is 58.3 Å². The second-order valence-electron chi connectivity index (χ2n) is 8.46. The first-order valence-corrected chi connectivity index (χ1v) is 12.0. The molecule has 2 heterocycles. The maximum absolute atomic E-state index is 12.4. The average Bonchev–Trinajstić information content (AvgIpc) is 3.16. The molecule has 0 bridgehead atoms. The van der Waals surface area contributed by atoms with Crippen molar-refractivity contribution in [2.75, 3.05) is 39.4 Å². The molecule has 2 rings (SSSR count). The fraction of sp³-hybridized carbons (Fsp3) is 0.913. The molecule has 0 N–H and O–H groups in total. The van der Waals surface area contributed by atoms with Gasteiger partial charge < -0.3 is 14.4 Å². The van der Waals surface area contributed by atoms with Crippen molar-refractivity contribution in [2.24, 2.45) is 0 Å². The lowest BCUT2D eigenvalue weighted by atomic mass is 10.1. The fourth-order valence-corrected chi connectivity index (χ4v) is 4.16. The number of nitrogens with zero attached hydrogens (tertiary/aromatic N) is 2. The summed E-state index contributed by atoms with van der Waals surface area (Å²) in [5.41, 5.74) is 0. The molecular weight excluding hydrogens is 368 g/mol. The van der Waals surface area contributed by atoms with Crippen LogP contribution >= 0.6 is 0 Å². The van der Waals surface area contributed by atoms with Crippen LogP contribution in [-0.4, -0.2) is 67.3 Å². The molecule has 2 fully saturated rings. The minimum atomic E-state index is -0.404. The van der Waals surface area contributed by atoms with E-state index in [-0.39, 0.29) is 11.9 Å². The zero-order valence-corrected chi connectivity index (χ0v) is 18.5. The summed E-state index contributed by atoms with van der Waals surface area (Å²) in [6.07, 6.45) is 13.3. The van der Waals surface area contributed by atoms with Crippen LogP contribution in [0.3, 0.4) is 0 Å². The Bertz CT molecular complexity index is 466. The molecule has 2 saturated heterocycles. The minimum absolute atomic E-state index is 0.118. The first-order chi connectivity index (χ1) is 14.2. The predicted molar refractivity (Wildman–Crippen MR) is 115 cm³/mol. The number of carbonyl (C=O) groups excluding carboxylic acids is 2. The number of likely N-dealkylation sites (tertiary alicyclic amines) is 1. The standard InChI is InChI=1S/C23H42N2O4/c1-2-3-4-5-6-7-8-9-10-13-23(27)29-22(25-15-11-12-21(25)26)14-16-24-17-19-28-20-18-24/h22H,2-20H2,1H3. The Morgan fingerprint density at radius 2 is 1.66 bits per heavy atom. The van der Waals surface area contributed by atoms with Gasteiger partial charge in [-0.15, -0.1) is 0 Å². The normalized spacial score (nSPS) is 18.9. The molecule has 0 saturated carbocycles. The van der Waals surface area contributed by atoms with E-state index < -0.39 is 6.23 Å². The van der Waals surface area contributed by atoms with E-state index in [0.717, 1.165) is 52.1 Å². The van der Waals surface area contributed by atoms with E-state index in [9.17, 15) is 9.59 Å². The Labute approximate surface area is 177 Å². The topological polar surface area (TPSA) is 59.1 Å². The van der Waals surface area contributed by atoms with Gasteiger partial charge in [0.05, 0.1) is 13.2 Å². The Hall–Kier alpha value is -1.14. The van der Waals surface area contributed by atoms with E-state index in [0.29, 0.717) is 25.8 Å². The van der Waals surface area contributed by atoms with Crippen molar-refractivity contribution >= 4 is 11.9 Å². The molecule has 2 aliphatic heterocycles. The number of hydrogen-bond donors (Lipinski definition) is 0. The lowest BCUT2D eigenvalue weighted by molar-refractivity contribution is -0.164. The van der Waals surface area contributed by atoms with Gasteiger partial charge in [0.2, 0.25) is 5.91 Å². The van der Waals surface area contributed by atoms with Crippen LogP contribution in [0.2, 0.25) is 0 Å². The summed E-state index contributed by atoms with van der Waals surface area (Å²) in [5.74, 6) is -0.0347. The molecular formula is C23H42N2O4. The number of esters is 1. The highest BCUT2D eigenvalue weighted by molar-refractivity contribution is 5.78. The van der Waals surface area contributed by atoms with Crippen LogP contribution in [-0.2, 0) is 19.1 Å².